The fourth-order valence-electron chi connectivity index (χ4n) is 1.75. The summed E-state index contributed by atoms with van der Waals surface area (Å²) >= 11 is 3.02. The molecule has 1 aliphatic rings. The SMILES string of the molecule is O=C(O)[C@H]1CCN(c2cc(F)c(Br)cn2)C1. The lowest BCUT2D eigenvalue weighted by atomic mass is 10.1. The maximum atomic E-state index is 13.3. The number of pyridine rings is 1. The first-order valence-corrected chi connectivity index (χ1v) is 5.66. The molecular formula is C10H10BrFN2O2. The zero-order valence-corrected chi connectivity index (χ0v) is 9.95. The lowest BCUT2D eigenvalue weighted by Crippen LogP contribution is -2.23. The quantitative estimate of drug-likeness (QED) is 0.903. The van der Waals surface area contributed by atoms with Crippen LogP contribution in [0.25, 0.3) is 0 Å². The zero-order chi connectivity index (χ0) is 11.7. The van der Waals surface area contributed by atoms with Crippen LogP contribution in [0.15, 0.2) is 16.7 Å². The van der Waals surface area contributed by atoms with E-state index in [1.165, 1.54) is 12.3 Å². The molecule has 1 aromatic rings. The second-order valence-corrected chi connectivity index (χ2v) is 4.58. The van der Waals surface area contributed by atoms with Crippen molar-refractivity contribution in [1.82, 2.24) is 4.98 Å². The Morgan fingerprint density at radius 2 is 2.44 bits per heavy atom. The third-order valence-corrected chi connectivity index (χ3v) is 3.24. The summed E-state index contributed by atoms with van der Waals surface area (Å²) in [4.78, 5) is 16.6. The molecule has 0 spiro atoms. The van der Waals surface area contributed by atoms with Gasteiger partial charge in [0.25, 0.3) is 0 Å². The summed E-state index contributed by atoms with van der Waals surface area (Å²) in [6.45, 7) is 0.994. The van der Waals surface area contributed by atoms with E-state index in [4.69, 9.17) is 5.11 Å². The van der Waals surface area contributed by atoms with Crippen molar-refractivity contribution in [3.8, 4) is 0 Å². The van der Waals surface area contributed by atoms with Crippen LogP contribution in [0.5, 0.6) is 0 Å². The van der Waals surface area contributed by atoms with Crippen molar-refractivity contribution < 1.29 is 14.3 Å². The number of hydrogen-bond donors (Lipinski definition) is 1. The van der Waals surface area contributed by atoms with Gasteiger partial charge in [-0.3, -0.25) is 4.79 Å². The molecule has 0 bridgehead atoms. The van der Waals surface area contributed by atoms with Crippen molar-refractivity contribution in [2.45, 2.75) is 6.42 Å². The van der Waals surface area contributed by atoms with Gasteiger partial charge >= 0.3 is 5.97 Å². The highest BCUT2D eigenvalue weighted by Crippen LogP contribution is 2.24. The van der Waals surface area contributed by atoms with Gasteiger partial charge in [-0.05, 0) is 22.4 Å². The first kappa shape index (κ1) is 11.3. The minimum absolute atomic E-state index is 0.310. The topological polar surface area (TPSA) is 53.4 Å². The van der Waals surface area contributed by atoms with Crippen molar-refractivity contribution in [2.75, 3.05) is 18.0 Å². The van der Waals surface area contributed by atoms with Gasteiger partial charge < -0.3 is 10.0 Å². The van der Waals surface area contributed by atoms with E-state index < -0.39 is 5.97 Å². The van der Waals surface area contributed by atoms with E-state index in [1.807, 2.05) is 0 Å². The Morgan fingerprint density at radius 3 is 3.00 bits per heavy atom. The number of anilines is 1. The number of rotatable bonds is 2. The molecule has 0 saturated carbocycles. The highest BCUT2D eigenvalue weighted by atomic mass is 79.9. The Morgan fingerprint density at radius 1 is 1.69 bits per heavy atom. The summed E-state index contributed by atoms with van der Waals surface area (Å²) in [5, 5.41) is 8.85. The zero-order valence-electron chi connectivity index (χ0n) is 8.36. The van der Waals surface area contributed by atoms with E-state index in [9.17, 15) is 9.18 Å². The van der Waals surface area contributed by atoms with Crippen LogP contribution in [0.1, 0.15) is 6.42 Å². The van der Waals surface area contributed by atoms with Crippen LogP contribution in [0.4, 0.5) is 10.2 Å². The van der Waals surface area contributed by atoms with Gasteiger partial charge in [0.1, 0.15) is 11.6 Å². The van der Waals surface area contributed by atoms with Crippen LogP contribution >= 0.6 is 15.9 Å². The Hall–Kier alpha value is -1.17. The molecule has 16 heavy (non-hydrogen) atoms. The molecule has 0 unspecified atom stereocenters. The van der Waals surface area contributed by atoms with E-state index in [2.05, 4.69) is 20.9 Å². The molecule has 1 atom stereocenters. The highest BCUT2D eigenvalue weighted by molar-refractivity contribution is 9.10. The van der Waals surface area contributed by atoms with Crippen molar-refractivity contribution in [3.63, 3.8) is 0 Å². The van der Waals surface area contributed by atoms with Crippen molar-refractivity contribution in [1.29, 1.82) is 0 Å². The monoisotopic (exact) mass is 288 g/mol. The van der Waals surface area contributed by atoms with Crippen LogP contribution in [0, 0.1) is 11.7 Å². The molecule has 4 nitrogen and oxygen atoms in total. The average Bonchev–Trinajstić information content (AvgIpc) is 2.71. The molecule has 1 fully saturated rings. The summed E-state index contributed by atoms with van der Waals surface area (Å²) in [5.74, 6) is -1.08. The molecule has 0 aliphatic carbocycles. The Kier molecular flexibility index (Phi) is 3.09. The minimum Gasteiger partial charge on any atom is -0.481 e. The van der Waals surface area contributed by atoms with Gasteiger partial charge in [-0.15, -0.1) is 0 Å². The van der Waals surface area contributed by atoms with Gasteiger partial charge in [0.2, 0.25) is 0 Å². The molecular weight excluding hydrogens is 279 g/mol. The number of nitrogens with zero attached hydrogens (tertiary/aromatic N) is 2. The highest BCUT2D eigenvalue weighted by Gasteiger charge is 2.28. The van der Waals surface area contributed by atoms with Gasteiger partial charge in [0, 0.05) is 25.4 Å². The maximum Gasteiger partial charge on any atom is 0.308 e. The normalized spacial score (nSPS) is 20.1. The fourth-order valence-corrected chi connectivity index (χ4v) is 1.96. The number of hydrogen-bond acceptors (Lipinski definition) is 3. The van der Waals surface area contributed by atoms with Crippen LogP contribution < -0.4 is 4.90 Å². The van der Waals surface area contributed by atoms with Gasteiger partial charge in [0.15, 0.2) is 0 Å². The summed E-state index contributed by atoms with van der Waals surface area (Å²) in [7, 11) is 0. The first-order valence-electron chi connectivity index (χ1n) is 4.86. The van der Waals surface area contributed by atoms with E-state index in [0.29, 0.717) is 29.8 Å². The number of carboxylic acids is 1. The number of aromatic nitrogens is 1. The maximum absolute atomic E-state index is 13.3. The van der Waals surface area contributed by atoms with E-state index >= 15 is 0 Å². The predicted molar refractivity (Wildman–Crippen MR) is 59.9 cm³/mol. The lowest BCUT2D eigenvalue weighted by molar-refractivity contribution is -0.140. The van der Waals surface area contributed by atoms with Gasteiger partial charge in [0.05, 0.1) is 10.4 Å². The summed E-state index contributed by atoms with van der Waals surface area (Å²) in [6, 6.07) is 1.31. The van der Waals surface area contributed by atoms with Crippen molar-refractivity contribution in [3.05, 3.63) is 22.6 Å². The van der Waals surface area contributed by atoms with E-state index in [1.54, 1.807) is 4.90 Å². The Bertz CT molecular complexity index is 427. The number of aliphatic carboxylic acids is 1. The van der Waals surface area contributed by atoms with Crippen molar-refractivity contribution in [2.24, 2.45) is 5.92 Å². The fraction of sp³-hybridized carbons (Fsp3) is 0.400. The minimum atomic E-state index is -0.805. The van der Waals surface area contributed by atoms with Gasteiger partial charge in [-0.2, -0.15) is 0 Å². The van der Waals surface area contributed by atoms with Crippen LogP contribution in [0.3, 0.4) is 0 Å². The van der Waals surface area contributed by atoms with Crippen LogP contribution in [-0.4, -0.2) is 29.1 Å². The molecule has 0 radical (unpaired) electrons. The molecule has 0 amide bonds. The third kappa shape index (κ3) is 2.16. The molecule has 2 heterocycles. The number of carbonyl (C=O) groups is 1. The third-order valence-electron chi connectivity index (χ3n) is 2.66. The van der Waals surface area contributed by atoms with Gasteiger partial charge in [-0.1, -0.05) is 0 Å². The predicted octanol–water partition coefficient (Wildman–Crippen LogP) is 1.89. The molecule has 1 aromatic heterocycles. The smallest absolute Gasteiger partial charge is 0.308 e. The van der Waals surface area contributed by atoms with Gasteiger partial charge in [-0.25, -0.2) is 9.37 Å². The molecule has 6 heteroatoms. The van der Waals surface area contributed by atoms with Crippen molar-refractivity contribution >= 4 is 27.7 Å². The number of halogens is 2. The van der Waals surface area contributed by atoms with E-state index in [-0.39, 0.29) is 11.7 Å². The summed E-state index contributed by atoms with van der Waals surface area (Å²) in [6.07, 6.45) is 1.97. The molecule has 1 aliphatic heterocycles. The summed E-state index contributed by atoms with van der Waals surface area (Å²) < 4.78 is 13.6. The van der Waals surface area contributed by atoms with Crippen LogP contribution in [-0.2, 0) is 4.79 Å². The largest absolute Gasteiger partial charge is 0.481 e. The number of carboxylic acid groups (broad SMARTS) is 1. The summed E-state index contributed by atoms with van der Waals surface area (Å²) in [5.41, 5.74) is 0. The molecule has 0 aromatic carbocycles. The first-order chi connectivity index (χ1) is 7.58. The second kappa shape index (κ2) is 4.37. The molecule has 2 rings (SSSR count). The second-order valence-electron chi connectivity index (χ2n) is 3.73. The molecule has 1 saturated heterocycles. The van der Waals surface area contributed by atoms with Crippen LogP contribution in [0.2, 0.25) is 0 Å². The Balaban J connectivity index is 2.14. The standard InChI is InChI=1S/C10H10BrFN2O2/c11-7-4-13-9(3-8(7)12)14-2-1-6(5-14)10(15)16/h3-4,6H,1-2,5H2,(H,15,16)/t6-/m0/s1. The molecule has 1 N–H and O–H groups in total. The Labute approximate surface area is 100 Å². The lowest BCUT2D eigenvalue weighted by Gasteiger charge is -2.16. The molecule has 86 valence electrons. The van der Waals surface area contributed by atoms with E-state index in [0.717, 1.165) is 0 Å². The average molecular weight is 289 g/mol.